The highest BCUT2D eigenvalue weighted by molar-refractivity contribution is 6.08. The third-order valence-corrected chi connectivity index (χ3v) is 5.21. The fraction of sp³-hybridized carbons (Fsp3) is 0.381. The maximum absolute atomic E-state index is 12.6. The summed E-state index contributed by atoms with van der Waals surface area (Å²) in [4.78, 5) is 50.9. The van der Waals surface area contributed by atoms with E-state index in [0.29, 0.717) is 24.1 Å². The summed E-state index contributed by atoms with van der Waals surface area (Å²) in [5, 5.41) is 11.4. The van der Waals surface area contributed by atoms with Crippen LogP contribution in [-0.4, -0.2) is 40.7 Å². The first-order chi connectivity index (χ1) is 13.8. The van der Waals surface area contributed by atoms with Crippen molar-refractivity contribution in [3.05, 3.63) is 42.0 Å². The summed E-state index contributed by atoms with van der Waals surface area (Å²) in [5.74, 6) is -2.99. The third kappa shape index (κ3) is 4.04. The van der Waals surface area contributed by atoms with E-state index >= 15 is 0 Å². The molecule has 1 aliphatic heterocycles. The van der Waals surface area contributed by atoms with Gasteiger partial charge in [0.05, 0.1) is 23.5 Å². The molecule has 1 aromatic rings. The molecule has 1 N–H and O–H groups in total. The number of rotatable bonds is 5. The minimum absolute atomic E-state index is 0.372. The Morgan fingerprint density at radius 1 is 1.10 bits per heavy atom. The lowest BCUT2D eigenvalue weighted by molar-refractivity contribution is -0.163. The highest BCUT2D eigenvalue weighted by Crippen LogP contribution is 2.36. The normalized spacial score (nSPS) is 22.4. The van der Waals surface area contributed by atoms with Crippen LogP contribution in [0.15, 0.2) is 36.4 Å². The Morgan fingerprint density at radius 2 is 1.66 bits per heavy atom. The van der Waals surface area contributed by atoms with Crippen molar-refractivity contribution in [2.75, 3.05) is 5.32 Å². The molecule has 8 heteroatoms. The zero-order valence-electron chi connectivity index (χ0n) is 16.1. The predicted octanol–water partition coefficient (Wildman–Crippen LogP) is 1.77. The maximum atomic E-state index is 12.6. The highest BCUT2D eigenvalue weighted by atomic mass is 16.5. The molecule has 2 aliphatic rings. The number of esters is 1. The number of imide groups is 1. The zero-order chi connectivity index (χ0) is 21.1. The minimum atomic E-state index is -1.13. The number of nitrogens with one attached hydrogen (secondary N) is 1. The number of fused-ring (bicyclic) bond motifs is 1. The van der Waals surface area contributed by atoms with Gasteiger partial charge in [-0.25, -0.2) is 4.79 Å². The number of benzene rings is 1. The molecular formula is C21H21N3O5. The second-order valence-corrected chi connectivity index (χ2v) is 7.14. The molecule has 0 spiro atoms. The average Bonchev–Trinajstić information content (AvgIpc) is 2.98. The van der Waals surface area contributed by atoms with Gasteiger partial charge in [0.2, 0.25) is 11.8 Å². The van der Waals surface area contributed by atoms with Crippen LogP contribution >= 0.6 is 0 Å². The molecule has 150 valence electrons. The highest BCUT2D eigenvalue weighted by Gasteiger charge is 2.50. The van der Waals surface area contributed by atoms with Gasteiger partial charge in [-0.2, -0.15) is 5.26 Å². The number of amides is 3. The van der Waals surface area contributed by atoms with Gasteiger partial charge in [0.15, 0.2) is 6.10 Å². The summed E-state index contributed by atoms with van der Waals surface area (Å²) < 4.78 is 5.19. The van der Waals surface area contributed by atoms with E-state index in [9.17, 15) is 19.2 Å². The van der Waals surface area contributed by atoms with Crippen LogP contribution in [0.3, 0.4) is 0 Å². The van der Waals surface area contributed by atoms with Crippen LogP contribution in [0.5, 0.6) is 0 Å². The van der Waals surface area contributed by atoms with Crippen LogP contribution in [0.25, 0.3) is 0 Å². The van der Waals surface area contributed by atoms with Gasteiger partial charge in [-0.05, 0) is 51.0 Å². The molecular weight excluding hydrogens is 374 g/mol. The lowest BCUT2D eigenvalue weighted by Crippen LogP contribution is -2.46. The van der Waals surface area contributed by atoms with Crippen molar-refractivity contribution >= 4 is 29.4 Å². The fourth-order valence-corrected chi connectivity index (χ4v) is 3.51. The van der Waals surface area contributed by atoms with E-state index in [-0.39, 0.29) is 11.8 Å². The first kappa shape index (κ1) is 20.3. The summed E-state index contributed by atoms with van der Waals surface area (Å²) in [7, 11) is 0. The molecule has 4 atom stereocenters. The van der Waals surface area contributed by atoms with E-state index < -0.39 is 35.9 Å². The van der Waals surface area contributed by atoms with Crippen LogP contribution < -0.4 is 5.32 Å². The Balaban J connectivity index is 1.60. The predicted molar refractivity (Wildman–Crippen MR) is 102 cm³/mol. The molecule has 1 aromatic carbocycles. The number of ether oxygens (including phenoxy) is 1. The van der Waals surface area contributed by atoms with Gasteiger partial charge >= 0.3 is 5.97 Å². The third-order valence-electron chi connectivity index (χ3n) is 5.21. The molecule has 0 aromatic heterocycles. The number of nitrogens with zero attached hydrogens (tertiary/aromatic N) is 2. The van der Waals surface area contributed by atoms with Crippen molar-refractivity contribution in [2.24, 2.45) is 11.8 Å². The number of nitriles is 1. The van der Waals surface area contributed by atoms with Gasteiger partial charge in [-0.3, -0.25) is 19.3 Å². The summed E-state index contributed by atoms with van der Waals surface area (Å²) >= 11 is 0. The van der Waals surface area contributed by atoms with Crippen LogP contribution in [0.2, 0.25) is 0 Å². The summed E-state index contributed by atoms with van der Waals surface area (Å²) in [5.41, 5.74) is 0.901. The van der Waals surface area contributed by atoms with E-state index in [1.807, 2.05) is 18.2 Å². The fourth-order valence-electron chi connectivity index (χ4n) is 3.51. The number of hydrogen-bond donors (Lipinski definition) is 1. The molecule has 1 aliphatic carbocycles. The Bertz CT molecular complexity index is 889. The van der Waals surface area contributed by atoms with Gasteiger partial charge in [-0.15, -0.1) is 0 Å². The first-order valence-corrected chi connectivity index (χ1v) is 9.37. The van der Waals surface area contributed by atoms with E-state index in [2.05, 4.69) is 5.32 Å². The number of carbonyl (C=O) groups is 4. The quantitative estimate of drug-likeness (QED) is 0.461. The summed E-state index contributed by atoms with van der Waals surface area (Å²) in [6.45, 7) is 2.83. The molecule has 1 saturated heterocycles. The molecule has 1 heterocycles. The van der Waals surface area contributed by atoms with Crippen molar-refractivity contribution in [1.29, 1.82) is 5.26 Å². The van der Waals surface area contributed by atoms with Crippen molar-refractivity contribution < 1.29 is 23.9 Å². The molecule has 3 amide bonds. The number of carbonyl (C=O) groups excluding carboxylic acids is 4. The van der Waals surface area contributed by atoms with Crippen LogP contribution in [0, 0.1) is 23.2 Å². The lowest BCUT2D eigenvalue weighted by atomic mass is 9.85. The van der Waals surface area contributed by atoms with Gasteiger partial charge in [-0.1, -0.05) is 12.2 Å². The maximum Gasteiger partial charge on any atom is 0.329 e. The summed E-state index contributed by atoms with van der Waals surface area (Å²) in [6, 6.07) is 7.09. The van der Waals surface area contributed by atoms with Gasteiger partial charge in [0.25, 0.3) is 5.91 Å². The van der Waals surface area contributed by atoms with Crippen molar-refractivity contribution in [3.63, 3.8) is 0 Å². The van der Waals surface area contributed by atoms with Gasteiger partial charge in [0.1, 0.15) is 6.04 Å². The topological polar surface area (TPSA) is 117 Å². The lowest BCUT2D eigenvalue weighted by Gasteiger charge is -2.23. The second kappa shape index (κ2) is 8.27. The molecule has 3 rings (SSSR count). The monoisotopic (exact) mass is 395 g/mol. The zero-order valence-corrected chi connectivity index (χ0v) is 16.1. The Labute approximate surface area is 168 Å². The van der Waals surface area contributed by atoms with Crippen molar-refractivity contribution in [2.45, 2.75) is 38.8 Å². The molecule has 0 saturated carbocycles. The smallest absolute Gasteiger partial charge is 0.329 e. The second-order valence-electron chi connectivity index (χ2n) is 7.14. The van der Waals surface area contributed by atoms with E-state index in [4.69, 9.17) is 10.00 Å². The van der Waals surface area contributed by atoms with Crippen molar-refractivity contribution in [1.82, 2.24) is 4.90 Å². The molecule has 1 fully saturated rings. The Hall–Kier alpha value is -3.47. The van der Waals surface area contributed by atoms with E-state index in [1.165, 1.54) is 13.8 Å². The van der Waals surface area contributed by atoms with Crippen LogP contribution in [0.4, 0.5) is 5.69 Å². The molecule has 0 radical (unpaired) electrons. The number of likely N-dealkylation sites (tertiary alicyclic amines) is 1. The molecule has 29 heavy (non-hydrogen) atoms. The van der Waals surface area contributed by atoms with Crippen molar-refractivity contribution in [3.8, 4) is 6.07 Å². The largest absolute Gasteiger partial charge is 0.451 e. The number of hydrogen-bond acceptors (Lipinski definition) is 6. The number of anilines is 1. The van der Waals surface area contributed by atoms with Gasteiger partial charge in [0, 0.05) is 5.69 Å². The average molecular weight is 395 g/mol. The standard InChI is InChI=1S/C21H21N3O5/c1-12(24-19(26)16-5-3-4-6-17(16)20(24)27)21(28)29-13(2)18(25)23-15-9-7-14(11-22)8-10-15/h3-4,7-10,12-13,16-17H,5-6H2,1-2H3,(H,23,25)/t12-,13-,16+,17+/m0/s1. The van der Waals surface area contributed by atoms with Crippen LogP contribution in [0.1, 0.15) is 32.3 Å². The van der Waals surface area contributed by atoms with Crippen LogP contribution in [-0.2, 0) is 23.9 Å². The summed E-state index contributed by atoms with van der Waals surface area (Å²) in [6.07, 6.45) is 3.58. The molecule has 8 nitrogen and oxygen atoms in total. The minimum Gasteiger partial charge on any atom is -0.451 e. The molecule has 0 unspecified atom stereocenters. The SMILES string of the molecule is C[C@H](OC(=O)[C@H](C)N1C(=O)[C@@H]2CC=CC[C@H]2C1=O)C(=O)Nc1ccc(C#N)cc1. The Kier molecular flexibility index (Phi) is 5.78. The first-order valence-electron chi connectivity index (χ1n) is 9.37. The Morgan fingerprint density at radius 3 is 2.17 bits per heavy atom. The van der Waals surface area contributed by atoms with E-state index in [0.717, 1.165) is 4.90 Å². The van der Waals surface area contributed by atoms with E-state index in [1.54, 1.807) is 24.3 Å². The molecule has 0 bridgehead atoms. The number of allylic oxidation sites excluding steroid dienone is 2. The van der Waals surface area contributed by atoms with Gasteiger partial charge < -0.3 is 10.1 Å².